The van der Waals surface area contributed by atoms with Crippen molar-refractivity contribution in [2.24, 2.45) is 0 Å². The number of hydrogen-bond acceptors (Lipinski definition) is 4. The van der Waals surface area contributed by atoms with Crippen molar-refractivity contribution in [3.63, 3.8) is 0 Å². The molecule has 2 aromatic carbocycles. The van der Waals surface area contributed by atoms with Gasteiger partial charge in [-0.05, 0) is 51.0 Å². The highest BCUT2D eigenvalue weighted by atomic mass is 35.5. The maximum Gasteiger partial charge on any atom is 0.242 e. The van der Waals surface area contributed by atoms with Crippen molar-refractivity contribution in [2.75, 3.05) is 23.7 Å². The third kappa shape index (κ3) is 8.12. The second kappa shape index (κ2) is 13.1. The first-order chi connectivity index (χ1) is 16.5. The summed E-state index contributed by atoms with van der Waals surface area (Å²) in [4.78, 5) is 27.6. The van der Waals surface area contributed by atoms with Gasteiger partial charge < -0.3 is 10.2 Å². The summed E-state index contributed by atoms with van der Waals surface area (Å²) in [6.45, 7) is 6.20. The molecule has 0 radical (unpaired) electrons. The molecule has 0 saturated heterocycles. The Kier molecular flexibility index (Phi) is 10.9. The van der Waals surface area contributed by atoms with Crippen LogP contribution in [0.25, 0.3) is 0 Å². The summed E-state index contributed by atoms with van der Waals surface area (Å²) in [5.74, 6) is -0.541. The molecule has 10 heteroatoms. The fourth-order valence-corrected chi connectivity index (χ4v) is 5.26. The van der Waals surface area contributed by atoms with E-state index in [1.54, 1.807) is 30.3 Å². The fourth-order valence-electron chi connectivity index (χ4n) is 3.78. The van der Waals surface area contributed by atoms with Crippen LogP contribution in [0.2, 0.25) is 10.0 Å². The van der Waals surface area contributed by atoms with Gasteiger partial charge in [0, 0.05) is 41.7 Å². The molecule has 192 valence electrons. The van der Waals surface area contributed by atoms with E-state index in [2.05, 4.69) is 5.32 Å². The molecule has 0 aliphatic carbocycles. The van der Waals surface area contributed by atoms with Gasteiger partial charge >= 0.3 is 0 Å². The predicted octanol–water partition coefficient (Wildman–Crippen LogP) is 4.79. The van der Waals surface area contributed by atoms with Gasteiger partial charge in [0.25, 0.3) is 0 Å². The monoisotopic (exact) mass is 541 g/mol. The lowest BCUT2D eigenvalue weighted by molar-refractivity contribution is -0.141. The number of benzene rings is 2. The van der Waals surface area contributed by atoms with Crippen LogP contribution < -0.4 is 9.62 Å². The number of rotatable bonds is 12. The van der Waals surface area contributed by atoms with E-state index in [4.69, 9.17) is 23.2 Å². The standard InChI is InChI=1S/C25H33Cl2N3O4S/c1-5-23(25(32)28-6-2)29(17-20-21(26)9-7-10-22(20)27)24(31)11-8-16-30(35(4,33)34)19-14-12-18(3)13-15-19/h7,9-10,12-15,23H,5-6,8,11,16-17H2,1-4H3,(H,28,32)/t23-/m1/s1. The van der Waals surface area contributed by atoms with E-state index in [-0.39, 0.29) is 37.7 Å². The number of carbonyl (C=O) groups excluding carboxylic acids is 2. The van der Waals surface area contributed by atoms with Crippen LogP contribution in [0.1, 0.15) is 44.2 Å². The van der Waals surface area contributed by atoms with Crippen LogP contribution in [0.3, 0.4) is 0 Å². The van der Waals surface area contributed by atoms with Crippen molar-refractivity contribution < 1.29 is 18.0 Å². The summed E-state index contributed by atoms with van der Waals surface area (Å²) in [7, 11) is -3.54. The van der Waals surface area contributed by atoms with Crippen LogP contribution in [0.5, 0.6) is 0 Å². The summed E-state index contributed by atoms with van der Waals surface area (Å²) < 4.78 is 26.1. The Labute approximate surface area is 218 Å². The number of sulfonamides is 1. The zero-order chi connectivity index (χ0) is 26.2. The van der Waals surface area contributed by atoms with Gasteiger partial charge in [-0.15, -0.1) is 0 Å². The molecule has 0 aliphatic heterocycles. The number of nitrogens with zero attached hydrogens (tertiary/aromatic N) is 2. The molecule has 0 aliphatic rings. The number of hydrogen-bond donors (Lipinski definition) is 1. The molecule has 0 aromatic heterocycles. The van der Waals surface area contributed by atoms with Gasteiger partial charge in [-0.2, -0.15) is 0 Å². The van der Waals surface area contributed by atoms with Crippen LogP contribution in [-0.4, -0.2) is 50.5 Å². The lowest BCUT2D eigenvalue weighted by Gasteiger charge is -2.31. The first kappa shape index (κ1) is 28.9. The summed E-state index contributed by atoms with van der Waals surface area (Å²) in [5, 5.41) is 3.59. The molecule has 0 saturated carbocycles. The molecule has 1 atom stereocenters. The van der Waals surface area contributed by atoms with Crippen molar-refractivity contribution in [3.8, 4) is 0 Å². The Morgan fingerprint density at radius 1 is 1.03 bits per heavy atom. The molecule has 0 fully saturated rings. The number of anilines is 1. The zero-order valence-electron chi connectivity index (χ0n) is 20.6. The predicted molar refractivity (Wildman–Crippen MR) is 142 cm³/mol. The molecular weight excluding hydrogens is 509 g/mol. The molecule has 35 heavy (non-hydrogen) atoms. The molecule has 2 rings (SSSR count). The Morgan fingerprint density at radius 2 is 1.63 bits per heavy atom. The van der Waals surface area contributed by atoms with Crippen LogP contribution >= 0.6 is 23.2 Å². The zero-order valence-corrected chi connectivity index (χ0v) is 22.9. The molecule has 0 unspecified atom stereocenters. The number of amides is 2. The van der Waals surface area contributed by atoms with Crippen LogP contribution in [0, 0.1) is 6.92 Å². The van der Waals surface area contributed by atoms with Gasteiger partial charge in [-0.1, -0.05) is 53.9 Å². The van der Waals surface area contributed by atoms with E-state index in [1.165, 1.54) is 9.21 Å². The summed E-state index contributed by atoms with van der Waals surface area (Å²) in [5.41, 5.74) is 2.12. The molecule has 2 aromatic rings. The SMILES string of the molecule is CCNC(=O)[C@@H](CC)N(Cc1c(Cl)cccc1Cl)C(=O)CCCN(c1ccc(C)cc1)S(C)(=O)=O. The largest absolute Gasteiger partial charge is 0.355 e. The summed E-state index contributed by atoms with van der Waals surface area (Å²) in [6, 6.07) is 11.5. The highest BCUT2D eigenvalue weighted by Crippen LogP contribution is 2.27. The van der Waals surface area contributed by atoms with Crippen molar-refractivity contribution in [3.05, 3.63) is 63.6 Å². The molecule has 0 bridgehead atoms. The van der Waals surface area contributed by atoms with Crippen LogP contribution in [0.15, 0.2) is 42.5 Å². The number of likely N-dealkylation sites (N-methyl/N-ethyl adjacent to an activating group) is 1. The second-order valence-corrected chi connectivity index (χ2v) is 11.0. The Morgan fingerprint density at radius 3 is 2.14 bits per heavy atom. The summed E-state index contributed by atoms with van der Waals surface area (Å²) in [6.07, 6.45) is 1.87. The van der Waals surface area contributed by atoms with Gasteiger partial charge in [-0.25, -0.2) is 8.42 Å². The minimum Gasteiger partial charge on any atom is -0.355 e. The number of halogens is 2. The van der Waals surface area contributed by atoms with E-state index >= 15 is 0 Å². The number of nitrogens with one attached hydrogen (secondary N) is 1. The first-order valence-electron chi connectivity index (χ1n) is 11.5. The number of aryl methyl sites for hydroxylation is 1. The second-order valence-electron chi connectivity index (χ2n) is 8.31. The lowest BCUT2D eigenvalue weighted by Crippen LogP contribution is -2.49. The van der Waals surface area contributed by atoms with Crippen molar-refractivity contribution >= 4 is 50.7 Å². The van der Waals surface area contributed by atoms with E-state index in [0.29, 0.717) is 34.3 Å². The van der Waals surface area contributed by atoms with Crippen LogP contribution in [-0.2, 0) is 26.2 Å². The summed E-state index contributed by atoms with van der Waals surface area (Å²) >= 11 is 12.7. The smallest absolute Gasteiger partial charge is 0.242 e. The third-order valence-electron chi connectivity index (χ3n) is 5.60. The number of carbonyl (C=O) groups is 2. The van der Waals surface area contributed by atoms with E-state index in [0.717, 1.165) is 11.8 Å². The van der Waals surface area contributed by atoms with Crippen LogP contribution in [0.4, 0.5) is 5.69 Å². The van der Waals surface area contributed by atoms with Crippen molar-refractivity contribution in [2.45, 2.75) is 52.6 Å². The Hall–Kier alpha value is -2.29. The molecule has 2 amide bonds. The van der Waals surface area contributed by atoms with Crippen molar-refractivity contribution in [1.29, 1.82) is 0 Å². The third-order valence-corrected chi connectivity index (χ3v) is 7.50. The molecule has 7 nitrogen and oxygen atoms in total. The Balaban J connectivity index is 2.25. The van der Waals surface area contributed by atoms with Gasteiger partial charge in [0.1, 0.15) is 6.04 Å². The first-order valence-corrected chi connectivity index (χ1v) is 14.1. The minimum atomic E-state index is -3.54. The normalized spacial score (nSPS) is 12.2. The molecule has 1 N–H and O–H groups in total. The quantitative estimate of drug-likeness (QED) is 0.418. The van der Waals surface area contributed by atoms with Gasteiger partial charge in [0.05, 0.1) is 11.9 Å². The van der Waals surface area contributed by atoms with Gasteiger partial charge in [-0.3, -0.25) is 13.9 Å². The molecular formula is C25H33Cl2N3O4S. The van der Waals surface area contributed by atoms with E-state index in [1.807, 2.05) is 32.9 Å². The van der Waals surface area contributed by atoms with Gasteiger partial charge in [0.2, 0.25) is 21.8 Å². The van der Waals surface area contributed by atoms with Crippen molar-refractivity contribution in [1.82, 2.24) is 10.2 Å². The minimum absolute atomic E-state index is 0.0514. The van der Waals surface area contributed by atoms with E-state index in [9.17, 15) is 18.0 Å². The highest BCUT2D eigenvalue weighted by molar-refractivity contribution is 7.92. The molecule has 0 heterocycles. The van der Waals surface area contributed by atoms with Gasteiger partial charge in [0.15, 0.2) is 0 Å². The van der Waals surface area contributed by atoms with E-state index < -0.39 is 16.1 Å². The Bertz CT molecular complexity index is 1100. The maximum atomic E-state index is 13.4. The topological polar surface area (TPSA) is 86.8 Å². The molecule has 0 spiro atoms. The lowest BCUT2D eigenvalue weighted by atomic mass is 10.1. The maximum absolute atomic E-state index is 13.4. The average Bonchev–Trinajstić information content (AvgIpc) is 2.78. The average molecular weight is 543 g/mol. The highest BCUT2D eigenvalue weighted by Gasteiger charge is 2.29. The fraction of sp³-hybridized carbons (Fsp3) is 0.440.